The second kappa shape index (κ2) is 13.3. The van der Waals surface area contributed by atoms with Crippen molar-refractivity contribution in [1.82, 2.24) is 15.1 Å². The zero-order valence-corrected chi connectivity index (χ0v) is 26.2. The van der Waals surface area contributed by atoms with Crippen molar-refractivity contribution in [2.75, 3.05) is 44.2 Å². The van der Waals surface area contributed by atoms with Crippen molar-refractivity contribution >= 4 is 17.5 Å². The standard InChI is InChI=1S/C36H50N4O3/c1-36(2,35(42)38-22-19-37-20-23-38)43-33-12-6-11-32(24-33)39-21-7-10-30(26-39)34(41)40(31-17-18-31)25-27-13-15-29(16-14-27)28-8-4-3-5-9-28/h6,11-16,24,28,30-31,37H,3-5,7-10,17-23,25-26H2,1-2H3/t30-/m1/s1. The first-order valence-electron chi connectivity index (χ1n) is 16.8. The van der Waals surface area contributed by atoms with E-state index in [2.05, 4.69) is 45.4 Å². The van der Waals surface area contributed by atoms with E-state index in [0.29, 0.717) is 43.3 Å². The van der Waals surface area contributed by atoms with Gasteiger partial charge in [0, 0.05) is 63.6 Å². The number of carbonyl (C=O) groups excluding carboxylic acids is 2. The molecule has 43 heavy (non-hydrogen) atoms. The van der Waals surface area contributed by atoms with Crippen LogP contribution in [-0.4, -0.2) is 72.5 Å². The quantitative estimate of drug-likeness (QED) is 0.407. The van der Waals surface area contributed by atoms with Gasteiger partial charge in [-0.3, -0.25) is 9.59 Å². The highest BCUT2D eigenvalue weighted by Crippen LogP contribution is 2.35. The minimum Gasteiger partial charge on any atom is -0.478 e. The molecule has 4 aliphatic rings. The zero-order chi connectivity index (χ0) is 29.8. The van der Waals surface area contributed by atoms with Gasteiger partial charge in [-0.2, -0.15) is 0 Å². The Morgan fingerprint density at radius 3 is 2.37 bits per heavy atom. The molecule has 7 heteroatoms. The lowest BCUT2D eigenvalue weighted by molar-refractivity contribution is -0.146. The number of piperazine rings is 1. The molecule has 2 aliphatic carbocycles. The van der Waals surface area contributed by atoms with Gasteiger partial charge in [-0.15, -0.1) is 0 Å². The number of amides is 2. The van der Waals surface area contributed by atoms with Crippen LogP contribution >= 0.6 is 0 Å². The number of anilines is 1. The van der Waals surface area contributed by atoms with Gasteiger partial charge < -0.3 is 24.8 Å². The second-order valence-corrected chi connectivity index (χ2v) is 13.7. The molecule has 0 radical (unpaired) electrons. The van der Waals surface area contributed by atoms with Crippen LogP contribution in [0.15, 0.2) is 48.5 Å². The Hall–Kier alpha value is -3.06. The Kier molecular flexibility index (Phi) is 9.27. The molecule has 4 fully saturated rings. The number of hydrogen-bond acceptors (Lipinski definition) is 5. The van der Waals surface area contributed by atoms with E-state index in [1.807, 2.05) is 36.9 Å². The lowest BCUT2D eigenvalue weighted by atomic mass is 9.84. The Labute approximate surface area is 257 Å². The monoisotopic (exact) mass is 586 g/mol. The molecule has 0 unspecified atom stereocenters. The van der Waals surface area contributed by atoms with Crippen molar-refractivity contribution in [3.63, 3.8) is 0 Å². The maximum Gasteiger partial charge on any atom is 0.266 e. The van der Waals surface area contributed by atoms with E-state index in [4.69, 9.17) is 4.74 Å². The van der Waals surface area contributed by atoms with Gasteiger partial charge in [0.15, 0.2) is 5.60 Å². The lowest BCUT2D eigenvalue weighted by Crippen LogP contribution is -2.54. The molecule has 2 aromatic rings. The van der Waals surface area contributed by atoms with E-state index in [0.717, 1.165) is 57.5 Å². The number of benzene rings is 2. The van der Waals surface area contributed by atoms with Crippen molar-refractivity contribution in [1.29, 1.82) is 0 Å². The molecule has 0 spiro atoms. The van der Waals surface area contributed by atoms with Crippen LogP contribution in [0, 0.1) is 5.92 Å². The Bertz CT molecular complexity index is 1250. The van der Waals surface area contributed by atoms with Crippen LogP contribution in [0.5, 0.6) is 5.75 Å². The molecule has 1 atom stereocenters. The smallest absolute Gasteiger partial charge is 0.266 e. The van der Waals surface area contributed by atoms with E-state index < -0.39 is 5.60 Å². The fraction of sp³-hybridized carbons (Fsp3) is 0.611. The summed E-state index contributed by atoms with van der Waals surface area (Å²) >= 11 is 0. The molecule has 1 N–H and O–H groups in total. The molecular formula is C36H50N4O3. The maximum atomic E-state index is 14.0. The third-order valence-electron chi connectivity index (χ3n) is 9.93. The van der Waals surface area contributed by atoms with Gasteiger partial charge in [-0.25, -0.2) is 0 Å². The molecule has 7 nitrogen and oxygen atoms in total. The summed E-state index contributed by atoms with van der Waals surface area (Å²) in [6.07, 6.45) is 10.8. The summed E-state index contributed by atoms with van der Waals surface area (Å²) in [5, 5.41) is 3.30. The first kappa shape index (κ1) is 30.0. The van der Waals surface area contributed by atoms with Gasteiger partial charge in [0.2, 0.25) is 5.91 Å². The summed E-state index contributed by atoms with van der Waals surface area (Å²) in [6.45, 7) is 9.11. The van der Waals surface area contributed by atoms with Crippen molar-refractivity contribution in [2.24, 2.45) is 5.92 Å². The molecule has 2 heterocycles. The number of nitrogens with zero attached hydrogens (tertiary/aromatic N) is 3. The first-order chi connectivity index (χ1) is 20.9. The van der Waals surface area contributed by atoms with Crippen molar-refractivity contribution < 1.29 is 14.3 Å². The third kappa shape index (κ3) is 7.36. The predicted octanol–water partition coefficient (Wildman–Crippen LogP) is 5.73. The Balaban J connectivity index is 1.09. The van der Waals surface area contributed by atoms with Crippen molar-refractivity contribution in [3.05, 3.63) is 59.7 Å². The molecule has 0 aromatic heterocycles. The predicted molar refractivity (Wildman–Crippen MR) is 171 cm³/mol. The van der Waals surface area contributed by atoms with E-state index in [1.165, 1.54) is 43.2 Å². The molecule has 2 amide bonds. The minimum absolute atomic E-state index is 0.00818. The summed E-state index contributed by atoms with van der Waals surface area (Å²) in [4.78, 5) is 33.6. The highest BCUT2D eigenvalue weighted by Gasteiger charge is 2.38. The second-order valence-electron chi connectivity index (χ2n) is 13.7. The summed E-state index contributed by atoms with van der Waals surface area (Å²) in [5.74, 6) is 1.72. The number of piperidine rings is 1. The fourth-order valence-corrected chi connectivity index (χ4v) is 7.28. The van der Waals surface area contributed by atoms with Crippen molar-refractivity contribution in [3.8, 4) is 5.75 Å². The molecule has 0 bridgehead atoms. The Morgan fingerprint density at radius 2 is 1.65 bits per heavy atom. The topological polar surface area (TPSA) is 65.1 Å². The normalized spacial score (nSPS) is 21.9. The Morgan fingerprint density at radius 1 is 0.907 bits per heavy atom. The maximum absolute atomic E-state index is 14.0. The highest BCUT2D eigenvalue weighted by molar-refractivity contribution is 5.85. The van der Waals surface area contributed by atoms with Crippen LogP contribution in [-0.2, 0) is 16.1 Å². The van der Waals surface area contributed by atoms with Crippen molar-refractivity contribution in [2.45, 2.75) is 95.7 Å². The SMILES string of the molecule is CC(C)(Oc1cccc(N2CCC[C@@H](C(=O)N(Cc3ccc(C4CCCCC4)cc3)C3CC3)C2)c1)C(=O)N1CCNCC1. The van der Waals surface area contributed by atoms with Crippen LogP contribution < -0.4 is 15.0 Å². The van der Waals surface area contributed by atoms with E-state index in [9.17, 15) is 9.59 Å². The number of rotatable bonds is 9. The summed E-state index contributed by atoms with van der Waals surface area (Å²) in [6, 6.07) is 17.6. The average Bonchev–Trinajstić information content (AvgIpc) is 3.90. The molecule has 232 valence electrons. The van der Waals surface area contributed by atoms with Gasteiger partial charge in [-0.1, -0.05) is 49.6 Å². The highest BCUT2D eigenvalue weighted by atomic mass is 16.5. The minimum atomic E-state index is -0.949. The summed E-state index contributed by atoms with van der Waals surface area (Å²) in [5.41, 5.74) is 2.82. The number of carbonyl (C=O) groups is 2. The average molecular weight is 587 g/mol. The van der Waals surface area contributed by atoms with E-state index >= 15 is 0 Å². The van der Waals surface area contributed by atoms with Gasteiger partial charge in [-0.05, 0) is 81.5 Å². The lowest BCUT2D eigenvalue weighted by Gasteiger charge is -2.37. The van der Waals surface area contributed by atoms with E-state index in [-0.39, 0.29) is 11.8 Å². The molecule has 2 saturated heterocycles. The molecule has 6 rings (SSSR count). The first-order valence-corrected chi connectivity index (χ1v) is 16.8. The summed E-state index contributed by atoms with van der Waals surface area (Å²) in [7, 11) is 0. The third-order valence-corrected chi connectivity index (χ3v) is 9.93. The van der Waals surface area contributed by atoms with Gasteiger partial charge >= 0.3 is 0 Å². The molecule has 2 aliphatic heterocycles. The van der Waals surface area contributed by atoms with Gasteiger partial charge in [0.25, 0.3) is 5.91 Å². The van der Waals surface area contributed by atoms with Crippen LogP contribution in [0.4, 0.5) is 5.69 Å². The fourth-order valence-electron chi connectivity index (χ4n) is 7.28. The van der Waals surface area contributed by atoms with Gasteiger partial charge in [0.1, 0.15) is 5.75 Å². The van der Waals surface area contributed by atoms with Crippen LogP contribution in [0.3, 0.4) is 0 Å². The summed E-state index contributed by atoms with van der Waals surface area (Å²) < 4.78 is 6.30. The largest absolute Gasteiger partial charge is 0.478 e. The van der Waals surface area contributed by atoms with Gasteiger partial charge in [0.05, 0.1) is 5.92 Å². The number of ether oxygens (including phenoxy) is 1. The van der Waals surface area contributed by atoms with Crippen LogP contribution in [0.25, 0.3) is 0 Å². The number of hydrogen-bond donors (Lipinski definition) is 1. The zero-order valence-electron chi connectivity index (χ0n) is 26.2. The van der Waals surface area contributed by atoms with Crippen LogP contribution in [0.1, 0.15) is 88.7 Å². The van der Waals surface area contributed by atoms with Crippen LogP contribution in [0.2, 0.25) is 0 Å². The molecular weight excluding hydrogens is 536 g/mol. The molecule has 2 saturated carbocycles. The molecule has 2 aromatic carbocycles. The number of nitrogens with one attached hydrogen (secondary N) is 1. The van der Waals surface area contributed by atoms with E-state index in [1.54, 1.807) is 0 Å².